The molecule has 0 atom stereocenters. The van der Waals surface area contributed by atoms with Crippen molar-refractivity contribution in [2.45, 2.75) is 6.92 Å². The van der Waals surface area contributed by atoms with E-state index in [9.17, 15) is 18.8 Å². The predicted octanol–water partition coefficient (Wildman–Crippen LogP) is 4.50. The van der Waals surface area contributed by atoms with E-state index in [1.165, 1.54) is 18.2 Å². The number of carbonyl (C=O) groups is 3. The van der Waals surface area contributed by atoms with Gasteiger partial charge in [0.15, 0.2) is 0 Å². The monoisotopic (exact) mass is 526 g/mol. The van der Waals surface area contributed by atoms with E-state index < -0.39 is 29.4 Å². The standard InChI is InChI=1S/C20H16FIN2O4S/c1-2-28-16-7-6-12(8-15(16)22)9-17-19(26)24(20(27)29-17)11-18(25)23-14-5-3-4-13(21)10-14/h3-10H,2,11H2,1H3,(H,23,25)/b17-9+. The van der Waals surface area contributed by atoms with Crippen LogP contribution >= 0.6 is 34.4 Å². The van der Waals surface area contributed by atoms with Gasteiger partial charge in [-0.1, -0.05) is 12.1 Å². The number of hydrogen-bond acceptors (Lipinski definition) is 5. The molecule has 1 saturated heterocycles. The van der Waals surface area contributed by atoms with Gasteiger partial charge in [0.1, 0.15) is 18.1 Å². The molecule has 29 heavy (non-hydrogen) atoms. The highest BCUT2D eigenvalue weighted by molar-refractivity contribution is 14.1. The Morgan fingerprint density at radius 1 is 1.28 bits per heavy atom. The van der Waals surface area contributed by atoms with Crippen LogP contribution in [-0.2, 0) is 9.59 Å². The van der Waals surface area contributed by atoms with Crippen molar-refractivity contribution in [3.8, 4) is 5.75 Å². The number of nitrogens with zero attached hydrogens (tertiary/aromatic N) is 1. The molecule has 1 heterocycles. The first-order chi connectivity index (χ1) is 13.9. The molecule has 0 aliphatic carbocycles. The first-order valence-corrected chi connectivity index (χ1v) is 10.5. The van der Waals surface area contributed by atoms with Crippen molar-refractivity contribution in [2.24, 2.45) is 0 Å². The number of halogens is 2. The van der Waals surface area contributed by atoms with Gasteiger partial charge in [-0.2, -0.15) is 0 Å². The van der Waals surface area contributed by atoms with Gasteiger partial charge < -0.3 is 10.1 Å². The molecule has 3 rings (SSSR count). The predicted molar refractivity (Wildman–Crippen MR) is 118 cm³/mol. The van der Waals surface area contributed by atoms with Crippen molar-refractivity contribution in [1.29, 1.82) is 0 Å². The van der Waals surface area contributed by atoms with E-state index in [0.29, 0.717) is 6.61 Å². The van der Waals surface area contributed by atoms with E-state index in [-0.39, 0.29) is 10.6 Å². The lowest BCUT2D eigenvalue weighted by Gasteiger charge is -2.12. The van der Waals surface area contributed by atoms with Crippen molar-refractivity contribution in [1.82, 2.24) is 4.90 Å². The third-order valence-electron chi connectivity index (χ3n) is 3.84. The van der Waals surface area contributed by atoms with E-state index in [1.807, 2.05) is 13.0 Å². The van der Waals surface area contributed by atoms with E-state index >= 15 is 0 Å². The van der Waals surface area contributed by atoms with E-state index in [0.717, 1.165) is 37.6 Å². The minimum absolute atomic E-state index is 0.230. The molecule has 2 aromatic rings. The zero-order valence-corrected chi connectivity index (χ0v) is 18.3. The molecule has 3 amide bonds. The first-order valence-electron chi connectivity index (χ1n) is 8.60. The number of carbonyl (C=O) groups excluding carboxylic acids is 3. The normalized spacial score (nSPS) is 15.1. The minimum Gasteiger partial charge on any atom is -0.493 e. The van der Waals surface area contributed by atoms with Gasteiger partial charge in [0.2, 0.25) is 5.91 Å². The molecule has 6 nitrogen and oxygen atoms in total. The second-order valence-electron chi connectivity index (χ2n) is 5.95. The summed E-state index contributed by atoms with van der Waals surface area (Å²) in [5.74, 6) is -0.887. The van der Waals surface area contributed by atoms with Gasteiger partial charge in [0, 0.05) is 5.69 Å². The van der Waals surface area contributed by atoms with Gasteiger partial charge in [-0.15, -0.1) is 0 Å². The van der Waals surface area contributed by atoms with Crippen LogP contribution in [-0.4, -0.2) is 35.1 Å². The number of thioether (sulfide) groups is 1. The number of amides is 3. The second kappa shape index (κ2) is 9.40. The third kappa shape index (κ3) is 5.36. The molecule has 0 spiro atoms. The zero-order chi connectivity index (χ0) is 21.0. The van der Waals surface area contributed by atoms with Crippen molar-refractivity contribution >= 4 is 63.2 Å². The van der Waals surface area contributed by atoms with E-state index in [2.05, 4.69) is 27.9 Å². The fourth-order valence-electron chi connectivity index (χ4n) is 2.58. The van der Waals surface area contributed by atoms with Gasteiger partial charge in [0.25, 0.3) is 11.1 Å². The summed E-state index contributed by atoms with van der Waals surface area (Å²) in [6.07, 6.45) is 1.60. The maximum Gasteiger partial charge on any atom is 0.294 e. The van der Waals surface area contributed by atoms with Crippen LogP contribution in [0.15, 0.2) is 47.4 Å². The number of rotatable bonds is 6. The Balaban J connectivity index is 1.69. The summed E-state index contributed by atoms with van der Waals surface area (Å²) < 4.78 is 19.6. The lowest BCUT2D eigenvalue weighted by molar-refractivity contribution is -0.127. The quantitative estimate of drug-likeness (QED) is 0.443. The Kier molecular flexibility index (Phi) is 6.91. The second-order valence-corrected chi connectivity index (χ2v) is 8.10. The Hall–Kier alpha value is -2.40. The molecule has 1 aliphatic rings. The number of benzene rings is 2. The molecule has 0 saturated carbocycles. The van der Waals surface area contributed by atoms with Gasteiger partial charge in [0.05, 0.1) is 15.1 Å². The highest BCUT2D eigenvalue weighted by atomic mass is 127. The summed E-state index contributed by atoms with van der Waals surface area (Å²) in [4.78, 5) is 38.0. The summed E-state index contributed by atoms with van der Waals surface area (Å²) in [5, 5.41) is 1.94. The van der Waals surface area contributed by atoms with Crippen molar-refractivity contribution in [3.05, 3.63) is 62.3 Å². The Bertz CT molecular complexity index is 1010. The van der Waals surface area contributed by atoms with Gasteiger partial charge in [-0.05, 0) is 83.2 Å². The maximum absolute atomic E-state index is 13.2. The molecule has 0 aromatic heterocycles. The average Bonchev–Trinajstić information content (AvgIpc) is 2.91. The lowest BCUT2D eigenvalue weighted by Crippen LogP contribution is -2.36. The maximum atomic E-state index is 13.2. The highest BCUT2D eigenvalue weighted by Crippen LogP contribution is 2.33. The number of imide groups is 1. The molecule has 0 bridgehead atoms. The number of anilines is 1. The fourth-order valence-corrected chi connectivity index (χ4v) is 4.11. The Morgan fingerprint density at radius 3 is 2.76 bits per heavy atom. The highest BCUT2D eigenvalue weighted by Gasteiger charge is 2.36. The molecule has 1 N–H and O–H groups in total. The summed E-state index contributed by atoms with van der Waals surface area (Å²) >= 11 is 2.91. The SMILES string of the molecule is CCOc1ccc(/C=C2/SC(=O)N(CC(=O)Nc3cccc(F)c3)C2=O)cc1I. The Labute approximate surface area is 184 Å². The van der Waals surface area contributed by atoms with E-state index in [1.54, 1.807) is 18.2 Å². The molecule has 1 fully saturated rings. The number of hydrogen-bond donors (Lipinski definition) is 1. The minimum atomic E-state index is -0.588. The first kappa shape index (κ1) is 21.3. The molecule has 9 heteroatoms. The van der Waals surface area contributed by atoms with Crippen molar-refractivity contribution in [2.75, 3.05) is 18.5 Å². The summed E-state index contributed by atoms with van der Waals surface area (Å²) in [7, 11) is 0. The fraction of sp³-hybridized carbons (Fsp3) is 0.150. The van der Waals surface area contributed by atoms with E-state index in [4.69, 9.17) is 4.74 Å². The van der Waals surface area contributed by atoms with Gasteiger partial charge in [-0.3, -0.25) is 19.3 Å². The molecule has 0 radical (unpaired) electrons. The summed E-state index contributed by atoms with van der Waals surface area (Å²) in [6.45, 7) is 2.00. The molecule has 1 aliphatic heterocycles. The molecule has 150 valence electrons. The number of nitrogens with one attached hydrogen (secondary N) is 1. The topological polar surface area (TPSA) is 75.7 Å². The smallest absolute Gasteiger partial charge is 0.294 e. The van der Waals surface area contributed by atoms with Crippen LogP contribution in [0.1, 0.15) is 12.5 Å². The van der Waals surface area contributed by atoms with Crippen LogP contribution in [0.5, 0.6) is 5.75 Å². The van der Waals surface area contributed by atoms with Gasteiger partial charge >= 0.3 is 0 Å². The largest absolute Gasteiger partial charge is 0.493 e. The molecular weight excluding hydrogens is 510 g/mol. The van der Waals surface area contributed by atoms with Crippen molar-refractivity contribution < 1.29 is 23.5 Å². The lowest BCUT2D eigenvalue weighted by atomic mass is 10.2. The van der Waals surface area contributed by atoms with Crippen molar-refractivity contribution in [3.63, 3.8) is 0 Å². The van der Waals surface area contributed by atoms with Crippen LogP contribution in [0.3, 0.4) is 0 Å². The summed E-state index contributed by atoms with van der Waals surface area (Å²) in [6, 6.07) is 10.8. The molecular formula is C20H16FIN2O4S. The van der Waals surface area contributed by atoms with Crippen LogP contribution in [0.4, 0.5) is 14.9 Å². The third-order valence-corrected chi connectivity index (χ3v) is 5.59. The summed E-state index contributed by atoms with van der Waals surface area (Å²) in [5.41, 5.74) is 0.994. The van der Waals surface area contributed by atoms with Crippen LogP contribution in [0.25, 0.3) is 6.08 Å². The van der Waals surface area contributed by atoms with Crippen LogP contribution in [0.2, 0.25) is 0 Å². The van der Waals surface area contributed by atoms with Crippen LogP contribution < -0.4 is 10.1 Å². The zero-order valence-electron chi connectivity index (χ0n) is 15.3. The Morgan fingerprint density at radius 2 is 2.07 bits per heavy atom. The van der Waals surface area contributed by atoms with Gasteiger partial charge in [-0.25, -0.2) is 4.39 Å². The molecule has 2 aromatic carbocycles. The number of ether oxygens (including phenoxy) is 1. The average molecular weight is 526 g/mol. The van der Waals surface area contributed by atoms with Crippen LogP contribution in [0, 0.1) is 9.39 Å². The molecule has 0 unspecified atom stereocenters.